The van der Waals surface area contributed by atoms with Crippen LogP contribution in [0.25, 0.3) is 0 Å². The Hall–Kier alpha value is -2.95. The molecule has 0 bridgehead atoms. The van der Waals surface area contributed by atoms with Crippen LogP contribution >= 0.6 is 0 Å². The minimum Gasteiger partial charge on any atom is -0.355 e. The van der Waals surface area contributed by atoms with Crippen LogP contribution in [0.1, 0.15) is 69.2 Å². The Bertz CT molecular complexity index is 957. The summed E-state index contributed by atoms with van der Waals surface area (Å²) < 4.78 is 0. The van der Waals surface area contributed by atoms with E-state index in [-0.39, 0.29) is 23.3 Å². The highest BCUT2D eigenvalue weighted by molar-refractivity contribution is 6.34. The number of carbonyl (C=O) groups excluding carboxylic acids is 3. The van der Waals surface area contributed by atoms with Gasteiger partial charge in [-0.3, -0.25) is 14.4 Å². The van der Waals surface area contributed by atoms with Crippen LogP contribution in [0, 0.1) is 11.8 Å². The van der Waals surface area contributed by atoms with Crippen LogP contribution in [-0.4, -0.2) is 24.8 Å². The molecule has 0 saturated heterocycles. The summed E-state index contributed by atoms with van der Waals surface area (Å²) in [6.45, 7) is 2.32. The first-order valence-electron chi connectivity index (χ1n) is 10.3. The van der Waals surface area contributed by atoms with Crippen molar-refractivity contribution in [3.8, 4) is 0 Å². The number of hydrogen-bond acceptors (Lipinski definition) is 3. The standard InChI is InChI=1S/C24H26N2O3/c1-15-3-5-16(6-4-15)13-17-7-10-19(11-8-17)26-23(28)20-12-9-18(22(27)25-2)14-21(20)24(26)29/h7-12,14-16H,3-6,13H2,1-2H3,(H,25,27). The number of anilines is 1. The van der Waals surface area contributed by atoms with Crippen molar-refractivity contribution in [2.24, 2.45) is 11.8 Å². The molecule has 0 radical (unpaired) electrons. The van der Waals surface area contributed by atoms with Crippen LogP contribution in [0.5, 0.6) is 0 Å². The molecule has 2 aromatic rings. The van der Waals surface area contributed by atoms with Gasteiger partial charge < -0.3 is 5.32 Å². The van der Waals surface area contributed by atoms with Gasteiger partial charge in [-0.2, -0.15) is 0 Å². The first-order valence-corrected chi connectivity index (χ1v) is 10.3. The van der Waals surface area contributed by atoms with Gasteiger partial charge in [0.2, 0.25) is 0 Å². The molecule has 3 amide bonds. The first kappa shape index (κ1) is 19.4. The summed E-state index contributed by atoms with van der Waals surface area (Å²) in [4.78, 5) is 38.7. The number of rotatable bonds is 4. The quantitative estimate of drug-likeness (QED) is 0.795. The van der Waals surface area contributed by atoms with Gasteiger partial charge in [0.25, 0.3) is 17.7 Å². The number of imide groups is 1. The lowest BCUT2D eigenvalue weighted by molar-refractivity contribution is 0.0924. The lowest BCUT2D eigenvalue weighted by Crippen LogP contribution is -2.29. The molecule has 2 aromatic carbocycles. The maximum absolute atomic E-state index is 12.9. The number of amides is 3. The van der Waals surface area contributed by atoms with Crippen LogP contribution in [0.4, 0.5) is 5.69 Å². The number of carbonyl (C=O) groups is 3. The Balaban J connectivity index is 1.51. The van der Waals surface area contributed by atoms with Crippen molar-refractivity contribution >= 4 is 23.4 Å². The van der Waals surface area contributed by atoms with E-state index in [1.165, 1.54) is 49.3 Å². The third-order valence-corrected chi connectivity index (χ3v) is 6.23. The molecule has 0 spiro atoms. The van der Waals surface area contributed by atoms with Crippen molar-refractivity contribution < 1.29 is 14.4 Å². The van der Waals surface area contributed by atoms with Crippen molar-refractivity contribution in [2.45, 2.75) is 39.0 Å². The number of nitrogens with zero attached hydrogens (tertiary/aromatic N) is 1. The number of nitrogens with one attached hydrogen (secondary N) is 1. The lowest BCUT2D eigenvalue weighted by Gasteiger charge is -2.26. The van der Waals surface area contributed by atoms with Gasteiger partial charge >= 0.3 is 0 Å². The molecule has 1 heterocycles. The van der Waals surface area contributed by atoms with Gasteiger partial charge in [0.1, 0.15) is 0 Å². The molecule has 1 saturated carbocycles. The van der Waals surface area contributed by atoms with E-state index in [9.17, 15) is 14.4 Å². The molecule has 0 atom stereocenters. The average molecular weight is 390 g/mol. The van der Waals surface area contributed by atoms with Crippen LogP contribution in [0.15, 0.2) is 42.5 Å². The van der Waals surface area contributed by atoms with E-state index in [2.05, 4.69) is 12.2 Å². The van der Waals surface area contributed by atoms with Crippen molar-refractivity contribution in [3.05, 3.63) is 64.7 Å². The molecule has 1 aliphatic carbocycles. The zero-order chi connectivity index (χ0) is 20.5. The zero-order valence-electron chi connectivity index (χ0n) is 16.9. The predicted octanol–water partition coefficient (Wildman–Crippen LogP) is 4.22. The number of fused-ring (bicyclic) bond motifs is 1. The van der Waals surface area contributed by atoms with Crippen molar-refractivity contribution in [3.63, 3.8) is 0 Å². The summed E-state index contributed by atoms with van der Waals surface area (Å²) >= 11 is 0. The molecule has 29 heavy (non-hydrogen) atoms. The average Bonchev–Trinajstić information content (AvgIpc) is 2.99. The topological polar surface area (TPSA) is 66.5 Å². The van der Waals surface area contributed by atoms with Gasteiger partial charge in [-0.15, -0.1) is 0 Å². The number of hydrogen-bond donors (Lipinski definition) is 1. The van der Waals surface area contributed by atoms with E-state index in [4.69, 9.17) is 0 Å². The maximum atomic E-state index is 12.9. The van der Waals surface area contributed by atoms with E-state index in [0.717, 1.165) is 18.3 Å². The Morgan fingerprint density at radius 2 is 1.62 bits per heavy atom. The van der Waals surface area contributed by atoms with Gasteiger partial charge in [0, 0.05) is 12.6 Å². The van der Waals surface area contributed by atoms with Gasteiger partial charge in [0.15, 0.2) is 0 Å². The van der Waals surface area contributed by atoms with Crippen molar-refractivity contribution in [1.29, 1.82) is 0 Å². The monoisotopic (exact) mass is 390 g/mol. The summed E-state index contributed by atoms with van der Waals surface area (Å²) in [7, 11) is 1.53. The maximum Gasteiger partial charge on any atom is 0.266 e. The lowest BCUT2D eigenvalue weighted by atomic mass is 9.80. The minimum absolute atomic E-state index is 0.275. The molecular weight excluding hydrogens is 364 g/mol. The first-order chi connectivity index (χ1) is 14.0. The van der Waals surface area contributed by atoms with Crippen molar-refractivity contribution in [2.75, 3.05) is 11.9 Å². The van der Waals surface area contributed by atoms with E-state index < -0.39 is 0 Å². The Morgan fingerprint density at radius 3 is 2.28 bits per heavy atom. The van der Waals surface area contributed by atoms with Gasteiger partial charge in [-0.05, 0) is 67.0 Å². The molecule has 150 valence electrons. The third kappa shape index (κ3) is 3.69. The summed E-state index contributed by atoms with van der Waals surface area (Å²) in [6.07, 6.45) is 6.19. The zero-order valence-corrected chi connectivity index (χ0v) is 16.9. The van der Waals surface area contributed by atoms with E-state index in [1.54, 1.807) is 12.1 Å². The summed E-state index contributed by atoms with van der Waals surface area (Å²) in [5, 5.41) is 2.53. The molecule has 1 fully saturated rings. The van der Waals surface area contributed by atoms with Crippen LogP contribution in [0.3, 0.4) is 0 Å². The highest BCUT2D eigenvalue weighted by atomic mass is 16.2. The van der Waals surface area contributed by atoms with Crippen LogP contribution < -0.4 is 10.2 Å². The minimum atomic E-state index is -0.384. The molecule has 1 aliphatic heterocycles. The molecule has 0 aromatic heterocycles. The molecule has 1 N–H and O–H groups in total. The third-order valence-electron chi connectivity index (χ3n) is 6.23. The number of benzene rings is 2. The van der Waals surface area contributed by atoms with Crippen LogP contribution in [-0.2, 0) is 6.42 Å². The molecule has 0 unspecified atom stereocenters. The SMILES string of the molecule is CNC(=O)c1ccc2c(c1)C(=O)N(c1ccc(CC3CCC(C)CC3)cc1)C2=O. The van der Waals surface area contributed by atoms with E-state index in [0.29, 0.717) is 16.8 Å². The molecular formula is C24H26N2O3. The van der Waals surface area contributed by atoms with Gasteiger partial charge in [-0.25, -0.2) is 4.90 Å². The second kappa shape index (κ2) is 7.82. The van der Waals surface area contributed by atoms with E-state index >= 15 is 0 Å². The van der Waals surface area contributed by atoms with E-state index in [1.807, 2.05) is 24.3 Å². The second-order valence-electron chi connectivity index (χ2n) is 8.28. The smallest absolute Gasteiger partial charge is 0.266 e. The Labute approximate surface area is 171 Å². The molecule has 4 rings (SSSR count). The second-order valence-corrected chi connectivity index (χ2v) is 8.28. The van der Waals surface area contributed by atoms with Crippen molar-refractivity contribution in [1.82, 2.24) is 5.32 Å². The fourth-order valence-corrected chi connectivity index (χ4v) is 4.41. The summed E-state index contributed by atoms with van der Waals surface area (Å²) in [5.41, 5.74) is 2.79. The summed E-state index contributed by atoms with van der Waals surface area (Å²) in [5.74, 6) is 0.547. The Morgan fingerprint density at radius 1 is 0.966 bits per heavy atom. The Kier molecular flexibility index (Phi) is 5.22. The largest absolute Gasteiger partial charge is 0.355 e. The highest BCUT2D eigenvalue weighted by Gasteiger charge is 2.37. The predicted molar refractivity (Wildman–Crippen MR) is 112 cm³/mol. The fraction of sp³-hybridized carbons (Fsp3) is 0.375. The molecule has 2 aliphatic rings. The normalized spacial score (nSPS) is 21.2. The van der Waals surface area contributed by atoms with Gasteiger partial charge in [-0.1, -0.05) is 31.9 Å². The summed E-state index contributed by atoms with van der Waals surface area (Å²) in [6, 6.07) is 12.4. The molecule has 5 nitrogen and oxygen atoms in total. The molecule has 5 heteroatoms. The fourth-order valence-electron chi connectivity index (χ4n) is 4.41. The highest BCUT2D eigenvalue weighted by Crippen LogP contribution is 2.32. The van der Waals surface area contributed by atoms with Crippen LogP contribution in [0.2, 0.25) is 0 Å². The van der Waals surface area contributed by atoms with Gasteiger partial charge in [0.05, 0.1) is 16.8 Å².